The molecule has 0 aliphatic heterocycles. The van der Waals surface area contributed by atoms with E-state index in [1.807, 2.05) is 29.7 Å². The summed E-state index contributed by atoms with van der Waals surface area (Å²) in [6.45, 7) is 5.11. The molecule has 0 atom stereocenters. The number of rotatable bonds is 12. The molecule has 0 unspecified atom stereocenters. The average molecular weight is 358 g/mol. The molecule has 1 aromatic heterocycles. The van der Waals surface area contributed by atoms with Crippen LogP contribution < -0.4 is 4.74 Å². The largest absolute Gasteiger partial charge is 0.490 e. The topological polar surface area (TPSA) is 22.1 Å². The van der Waals surface area contributed by atoms with Crippen molar-refractivity contribution < 1.29 is 4.74 Å². The number of nitrogens with zero attached hydrogens (tertiary/aromatic N) is 1. The molecule has 0 N–H and O–H groups in total. The quantitative estimate of drug-likeness (QED) is 0.300. The van der Waals surface area contributed by atoms with Crippen LogP contribution in [0.25, 0.3) is 10.6 Å². The molecule has 1 heterocycles. The highest BCUT2D eigenvalue weighted by molar-refractivity contribution is 7.15. The number of ether oxygens (including phenoxy) is 1. The summed E-state index contributed by atoms with van der Waals surface area (Å²) in [5.41, 5.74) is 1.18. The van der Waals surface area contributed by atoms with Crippen LogP contribution in [-0.4, -0.2) is 11.6 Å². The van der Waals surface area contributed by atoms with Crippen LogP contribution in [0, 0.1) is 0 Å². The first-order valence-corrected chi connectivity index (χ1v) is 10.5. The molecule has 2 rings (SSSR count). The Labute approximate surface area is 157 Å². The molecule has 0 amide bonds. The van der Waals surface area contributed by atoms with Crippen LogP contribution in [-0.2, 0) is 6.42 Å². The second kappa shape index (κ2) is 11.9. The number of allylic oxidation sites excluding steroid dienone is 1. The Morgan fingerprint density at radius 2 is 1.72 bits per heavy atom. The van der Waals surface area contributed by atoms with Crippen molar-refractivity contribution in [2.75, 3.05) is 6.61 Å². The molecule has 1 aromatic carbocycles. The lowest BCUT2D eigenvalue weighted by Crippen LogP contribution is -1.93. The zero-order chi connectivity index (χ0) is 17.7. The van der Waals surface area contributed by atoms with E-state index in [4.69, 9.17) is 4.74 Å². The minimum absolute atomic E-state index is 0.643. The summed E-state index contributed by atoms with van der Waals surface area (Å²) in [7, 11) is 0. The predicted molar refractivity (Wildman–Crippen MR) is 110 cm³/mol. The summed E-state index contributed by atoms with van der Waals surface area (Å²) in [5.74, 6) is 0.918. The molecule has 0 aliphatic rings. The van der Waals surface area contributed by atoms with Crippen LogP contribution in [0.15, 0.2) is 42.6 Å². The van der Waals surface area contributed by atoms with Gasteiger partial charge in [-0.05, 0) is 49.9 Å². The van der Waals surface area contributed by atoms with Gasteiger partial charge in [-0.1, -0.05) is 51.7 Å². The molecule has 0 bridgehead atoms. The number of hydrogen-bond donors (Lipinski definition) is 0. The first-order chi connectivity index (χ1) is 12.3. The van der Waals surface area contributed by atoms with Crippen molar-refractivity contribution in [3.05, 3.63) is 47.5 Å². The van der Waals surface area contributed by atoms with Gasteiger partial charge < -0.3 is 4.74 Å². The Morgan fingerprint density at radius 1 is 0.960 bits per heavy atom. The third-order valence-electron chi connectivity index (χ3n) is 4.17. The summed E-state index contributed by atoms with van der Waals surface area (Å²) in [6, 6.07) is 8.29. The molecule has 0 radical (unpaired) electrons. The van der Waals surface area contributed by atoms with E-state index in [2.05, 4.69) is 43.1 Å². The van der Waals surface area contributed by atoms with Crippen LogP contribution in [0.1, 0.15) is 63.7 Å². The van der Waals surface area contributed by atoms with E-state index in [1.165, 1.54) is 49.0 Å². The third kappa shape index (κ3) is 7.43. The highest BCUT2D eigenvalue weighted by Crippen LogP contribution is 2.27. The summed E-state index contributed by atoms with van der Waals surface area (Å²) in [5, 5.41) is 1.11. The van der Waals surface area contributed by atoms with E-state index in [0.717, 1.165) is 23.6 Å². The second-order valence-electron chi connectivity index (χ2n) is 6.39. The molecule has 25 heavy (non-hydrogen) atoms. The molecule has 0 aliphatic carbocycles. The molecule has 0 saturated heterocycles. The highest BCUT2D eigenvalue weighted by Gasteiger charge is 2.05. The molecule has 2 aromatic rings. The van der Waals surface area contributed by atoms with Gasteiger partial charge in [-0.3, -0.25) is 0 Å². The van der Waals surface area contributed by atoms with Gasteiger partial charge in [0.15, 0.2) is 0 Å². The van der Waals surface area contributed by atoms with Crippen LogP contribution in [0.5, 0.6) is 5.75 Å². The maximum absolute atomic E-state index is 5.77. The van der Waals surface area contributed by atoms with Gasteiger partial charge in [0.2, 0.25) is 0 Å². The van der Waals surface area contributed by atoms with Crippen LogP contribution in [0.2, 0.25) is 0 Å². The molecule has 0 saturated carbocycles. The summed E-state index contributed by atoms with van der Waals surface area (Å²) in [4.78, 5) is 5.96. The van der Waals surface area contributed by atoms with Crippen molar-refractivity contribution in [3.8, 4) is 16.3 Å². The van der Waals surface area contributed by atoms with E-state index in [9.17, 15) is 0 Å². The Morgan fingerprint density at radius 3 is 2.48 bits per heavy atom. The fraction of sp³-hybridized carbons (Fsp3) is 0.500. The lowest BCUT2D eigenvalue weighted by atomic mass is 10.2. The molecule has 0 fully saturated rings. The van der Waals surface area contributed by atoms with Gasteiger partial charge in [-0.2, -0.15) is 0 Å². The maximum Gasteiger partial charge on any atom is 0.123 e. The van der Waals surface area contributed by atoms with E-state index in [1.54, 1.807) is 0 Å². The van der Waals surface area contributed by atoms with Crippen LogP contribution >= 0.6 is 11.3 Å². The molecule has 3 heteroatoms. The van der Waals surface area contributed by atoms with Gasteiger partial charge in [-0.15, -0.1) is 11.3 Å². The molecular formula is C22H31NOS. The normalized spacial score (nSPS) is 11.3. The molecule has 136 valence electrons. The average Bonchev–Trinajstić information content (AvgIpc) is 3.11. The van der Waals surface area contributed by atoms with Crippen LogP contribution in [0.4, 0.5) is 0 Å². The lowest BCUT2D eigenvalue weighted by Gasteiger charge is -2.04. The number of unbranched alkanes of at least 4 members (excludes halogenated alkanes) is 5. The SMILES string of the molecule is CCCCC/C=C/COc1ccc(-c2ncc(CCCCC)s2)cc1. The van der Waals surface area contributed by atoms with E-state index < -0.39 is 0 Å². The van der Waals surface area contributed by atoms with E-state index in [-0.39, 0.29) is 0 Å². The first-order valence-electron chi connectivity index (χ1n) is 9.66. The fourth-order valence-corrected chi connectivity index (χ4v) is 3.60. The Kier molecular flexibility index (Phi) is 9.35. The van der Waals surface area contributed by atoms with Gasteiger partial charge >= 0.3 is 0 Å². The standard InChI is InChI=1S/C22H31NOS/c1-3-5-7-8-9-11-17-24-20-15-13-19(14-16-20)22-23-18-21(25-22)12-10-6-4-2/h9,11,13-16,18H,3-8,10,12,17H2,1-2H3/b11-9+. The fourth-order valence-electron chi connectivity index (χ4n) is 2.64. The Balaban J connectivity index is 1.77. The number of hydrogen-bond acceptors (Lipinski definition) is 3. The van der Waals surface area contributed by atoms with Gasteiger partial charge in [0.1, 0.15) is 17.4 Å². The summed E-state index contributed by atoms with van der Waals surface area (Å²) < 4.78 is 5.77. The zero-order valence-electron chi connectivity index (χ0n) is 15.7. The third-order valence-corrected chi connectivity index (χ3v) is 5.27. The number of thiazole rings is 1. The van der Waals surface area contributed by atoms with Crippen LogP contribution in [0.3, 0.4) is 0 Å². The smallest absolute Gasteiger partial charge is 0.123 e. The van der Waals surface area contributed by atoms with E-state index in [0.29, 0.717) is 6.61 Å². The maximum atomic E-state index is 5.77. The number of aromatic nitrogens is 1. The van der Waals surface area contributed by atoms with Gasteiger partial charge in [-0.25, -0.2) is 4.98 Å². The number of aryl methyl sites for hydroxylation is 1. The summed E-state index contributed by atoms with van der Waals surface area (Å²) >= 11 is 1.81. The van der Waals surface area contributed by atoms with Crippen molar-refractivity contribution in [1.29, 1.82) is 0 Å². The second-order valence-corrected chi connectivity index (χ2v) is 7.51. The molecular weight excluding hydrogens is 326 g/mol. The minimum Gasteiger partial charge on any atom is -0.490 e. The lowest BCUT2D eigenvalue weighted by molar-refractivity contribution is 0.362. The Hall–Kier alpha value is -1.61. The predicted octanol–water partition coefficient (Wildman–Crippen LogP) is 7.06. The van der Waals surface area contributed by atoms with Crippen molar-refractivity contribution in [3.63, 3.8) is 0 Å². The van der Waals surface area contributed by atoms with Crippen molar-refractivity contribution >= 4 is 11.3 Å². The molecule has 0 spiro atoms. The van der Waals surface area contributed by atoms with E-state index >= 15 is 0 Å². The molecule has 2 nitrogen and oxygen atoms in total. The Bertz CT molecular complexity index is 615. The zero-order valence-corrected chi connectivity index (χ0v) is 16.5. The van der Waals surface area contributed by atoms with Crippen molar-refractivity contribution in [2.24, 2.45) is 0 Å². The first kappa shape index (κ1) is 19.7. The van der Waals surface area contributed by atoms with Crippen molar-refractivity contribution in [2.45, 2.75) is 65.2 Å². The number of benzene rings is 1. The van der Waals surface area contributed by atoms with Crippen molar-refractivity contribution in [1.82, 2.24) is 4.98 Å². The van der Waals surface area contributed by atoms with Gasteiger partial charge in [0.25, 0.3) is 0 Å². The minimum atomic E-state index is 0.643. The summed E-state index contributed by atoms with van der Waals surface area (Å²) in [6.07, 6.45) is 16.4. The van der Waals surface area contributed by atoms with Gasteiger partial charge in [0, 0.05) is 16.6 Å². The highest BCUT2D eigenvalue weighted by atomic mass is 32.1. The van der Waals surface area contributed by atoms with Gasteiger partial charge in [0.05, 0.1) is 0 Å². The monoisotopic (exact) mass is 357 g/mol.